The molecule has 3 fully saturated rings. The molecule has 1 heterocycles. The van der Waals surface area contributed by atoms with Gasteiger partial charge in [-0.25, -0.2) is 4.99 Å². The first kappa shape index (κ1) is 24.9. The zero-order valence-electron chi connectivity index (χ0n) is 21.6. The van der Waals surface area contributed by atoms with Crippen LogP contribution in [0.25, 0.3) is 0 Å². The summed E-state index contributed by atoms with van der Waals surface area (Å²) in [5, 5.41) is 7.26. The van der Waals surface area contributed by atoms with E-state index in [1.54, 1.807) is 0 Å². The minimum absolute atomic E-state index is 0.104. The Morgan fingerprint density at radius 2 is 1.33 bits per heavy atom. The van der Waals surface area contributed by atoms with Crippen molar-refractivity contribution in [2.75, 3.05) is 6.54 Å². The summed E-state index contributed by atoms with van der Waals surface area (Å²) >= 11 is 0. The van der Waals surface area contributed by atoms with E-state index in [0.717, 1.165) is 36.5 Å². The number of nitrogens with one attached hydrogen (secondary N) is 2. The highest BCUT2D eigenvalue weighted by molar-refractivity contribution is 5.90. The summed E-state index contributed by atoms with van der Waals surface area (Å²) in [6, 6.07) is 21.2. The van der Waals surface area contributed by atoms with Crippen LogP contribution in [0, 0.1) is 0 Å². The van der Waals surface area contributed by atoms with Crippen molar-refractivity contribution in [1.82, 2.24) is 15.5 Å². The van der Waals surface area contributed by atoms with Crippen molar-refractivity contribution in [3.63, 3.8) is 0 Å². The summed E-state index contributed by atoms with van der Waals surface area (Å²) in [5.41, 5.74) is 2.22. The number of nitrogens with zero attached hydrogens (tertiary/aromatic N) is 2. The van der Waals surface area contributed by atoms with Gasteiger partial charge in [0.1, 0.15) is 6.04 Å². The predicted octanol–water partition coefficient (Wildman–Crippen LogP) is 5.97. The lowest BCUT2D eigenvalue weighted by Crippen LogP contribution is -2.53. The summed E-state index contributed by atoms with van der Waals surface area (Å²) < 4.78 is 0. The lowest BCUT2D eigenvalue weighted by atomic mass is 9.95. The molecule has 5 nitrogen and oxygen atoms in total. The average molecular weight is 487 g/mol. The number of guanidine groups is 1. The van der Waals surface area contributed by atoms with Gasteiger partial charge < -0.3 is 15.5 Å². The van der Waals surface area contributed by atoms with Crippen LogP contribution < -0.4 is 10.6 Å². The molecular formula is C31H42N4O. The minimum Gasteiger partial charge on any atom is -0.353 e. The van der Waals surface area contributed by atoms with E-state index in [1.165, 1.54) is 64.2 Å². The molecule has 2 saturated carbocycles. The van der Waals surface area contributed by atoms with Crippen LogP contribution in [0.5, 0.6) is 0 Å². The number of carbonyl (C=O) groups excluding carboxylic acids is 1. The molecule has 0 radical (unpaired) electrons. The molecular weight excluding hydrogens is 444 g/mol. The molecule has 3 aliphatic rings. The third-order valence-electron chi connectivity index (χ3n) is 8.20. The molecule has 36 heavy (non-hydrogen) atoms. The Hall–Kier alpha value is -2.82. The molecule has 0 aromatic heterocycles. The van der Waals surface area contributed by atoms with Gasteiger partial charge in [-0.2, -0.15) is 0 Å². The van der Waals surface area contributed by atoms with Crippen molar-refractivity contribution < 1.29 is 4.79 Å². The number of rotatable bonds is 6. The SMILES string of the molecule is O=C(NC(c1ccccc1)c1ccccc1)[C@@H]1CCCN1C(=NC1CCCCC1)NC1CCCCC1. The van der Waals surface area contributed by atoms with Gasteiger partial charge in [0, 0.05) is 12.6 Å². The van der Waals surface area contributed by atoms with Crippen molar-refractivity contribution in [1.29, 1.82) is 0 Å². The van der Waals surface area contributed by atoms with Crippen molar-refractivity contribution in [2.45, 2.75) is 101 Å². The minimum atomic E-state index is -0.182. The highest BCUT2D eigenvalue weighted by atomic mass is 16.2. The summed E-state index contributed by atoms with van der Waals surface area (Å²) in [6.07, 6.45) is 14.4. The average Bonchev–Trinajstić information content (AvgIpc) is 3.44. The van der Waals surface area contributed by atoms with E-state index in [-0.39, 0.29) is 18.0 Å². The van der Waals surface area contributed by atoms with Gasteiger partial charge in [0.15, 0.2) is 5.96 Å². The quantitative estimate of drug-likeness (QED) is 0.391. The van der Waals surface area contributed by atoms with Crippen LogP contribution in [0.2, 0.25) is 0 Å². The van der Waals surface area contributed by atoms with Crippen LogP contribution in [-0.4, -0.2) is 41.4 Å². The van der Waals surface area contributed by atoms with Crippen LogP contribution in [0.15, 0.2) is 65.7 Å². The number of benzene rings is 2. The van der Waals surface area contributed by atoms with Gasteiger partial charge in [-0.05, 0) is 49.7 Å². The number of amides is 1. The lowest BCUT2D eigenvalue weighted by molar-refractivity contribution is -0.125. The molecule has 2 aromatic rings. The second-order valence-corrected chi connectivity index (χ2v) is 10.8. The maximum absolute atomic E-state index is 13.9. The van der Waals surface area contributed by atoms with E-state index in [2.05, 4.69) is 39.8 Å². The largest absolute Gasteiger partial charge is 0.353 e. The fourth-order valence-corrected chi connectivity index (χ4v) is 6.19. The highest BCUT2D eigenvalue weighted by Gasteiger charge is 2.35. The molecule has 1 aliphatic heterocycles. The summed E-state index contributed by atoms with van der Waals surface area (Å²) in [6.45, 7) is 0.894. The molecule has 1 atom stereocenters. The van der Waals surface area contributed by atoms with Crippen molar-refractivity contribution in [3.8, 4) is 0 Å². The van der Waals surface area contributed by atoms with Crippen LogP contribution in [0.1, 0.15) is 94.2 Å². The molecule has 0 bridgehead atoms. The first-order valence-corrected chi connectivity index (χ1v) is 14.3. The fraction of sp³-hybridized carbons (Fsp3) is 0.548. The van der Waals surface area contributed by atoms with Gasteiger partial charge in [-0.1, -0.05) is 99.2 Å². The monoisotopic (exact) mass is 486 g/mol. The Morgan fingerprint density at radius 3 is 1.94 bits per heavy atom. The number of hydrogen-bond acceptors (Lipinski definition) is 2. The molecule has 1 saturated heterocycles. The van der Waals surface area contributed by atoms with Gasteiger partial charge in [0.2, 0.25) is 5.91 Å². The van der Waals surface area contributed by atoms with Gasteiger partial charge in [-0.15, -0.1) is 0 Å². The first-order valence-electron chi connectivity index (χ1n) is 14.3. The highest BCUT2D eigenvalue weighted by Crippen LogP contribution is 2.27. The van der Waals surface area contributed by atoms with Crippen molar-refractivity contribution >= 4 is 11.9 Å². The zero-order valence-corrected chi connectivity index (χ0v) is 21.6. The second-order valence-electron chi connectivity index (χ2n) is 10.8. The van der Waals surface area contributed by atoms with E-state index in [0.29, 0.717) is 12.1 Å². The third-order valence-corrected chi connectivity index (χ3v) is 8.20. The number of hydrogen-bond donors (Lipinski definition) is 2. The van der Waals surface area contributed by atoms with Gasteiger partial charge in [0.25, 0.3) is 0 Å². The summed E-state index contributed by atoms with van der Waals surface area (Å²) in [5.74, 6) is 1.09. The Bertz CT molecular complexity index is 941. The lowest BCUT2D eigenvalue weighted by Gasteiger charge is -2.34. The Morgan fingerprint density at radius 1 is 0.750 bits per heavy atom. The Labute approximate surface area is 216 Å². The Kier molecular flexibility index (Phi) is 8.58. The maximum Gasteiger partial charge on any atom is 0.243 e. The molecule has 0 spiro atoms. The molecule has 2 N–H and O–H groups in total. The molecule has 192 valence electrons. The van der Waals surface area contributed by atoms with Crippen LogP contribution in [0.3, 0.4) is 0 Å². The van der Waals surface area contributed by atoms with Crippen LogP contribution in [0.4, 0.5) is 0 Å². The first-order chi connectivity index (χ1) is 17.8. The van der Waals surface area contributed by atoms with Crippen molar-refractivity contribution in [2.24, 2.45) is 4.99 Å². The number of carbonyl (C=O) groups is 1. The van der Waals surface area contributed by atoms with Crippen LogP contribution >= 0.6 is 0 Å². The van der Waals surface area contributed by atoms with Gasteiger partial charge >= 0.3 is 0 Å². The topological polar surface area (TPSA) is 56.7 Å². The van der Waals surface area contributed by atoms with Crippen molar-refractivity contribution in [3.05, 3.63) is 71.8 Å². The zero-order chi connectivity index (χ0) is 24.6. The summed E-state index contributed by atoms with van der Waals surface area (Å²) in [4.78, 5) is 21.5. The molecule has 2 aromatic carbocycles. The maximum atomic E-state index is 13.9. The Balaban J connectivity index is 1.36. The molecule has 5 rings (SSSR count). The summed E-state index contributed by atoms with van der Waals surface area (Å²) in [7, 11) is 0. The number of likely N-dealkylation sites (tertiary alicyclic amines) is 1. The van der Waals surface area contributed by atoms with E-state index < -0.39 is 0 Å². The smallest absolute Gasteiger partial charge is 0.243 e. The van der Waals surface area contributed by atoms with Gasteiger partial charge in [0.05, 0.1) is 12.1 Å². The van der Waals surface area contributed by atoms with E-state index in [4.69, 9.17) is 4.99 Å². The van der Waals surface area contributed by atoms with E-state index in [9.17, 15) is 4.79 Å². The standard InChI is InChI=1S/C31H42N4O/c36-30(34-29(24-14-5-1-6-15-24)25-16-7-2-8-17-25)28-22-13-23-35(28)31(32-26-18-9-3-10-19-26)33-27-20-11-4-12-21-27/h1-2,5-8,14-17,26-29H,3-4,9-13,18-23H2,(H,32,33)(H,34,36)/t28-/m0/s1. The molecule has 5 heteroatoms. The second kappa shape index (κ2) is 12.4. The molecule has 2 aliphatic carbocycles. The van der Waals surface area contributed by atoms with Gasteiger partial charge in [-0.3, -0.25) is 4.79 Å². The fourth-order valence-electron chi connectivity index (χ4n) is 6.19. The molecule has 0 unspecified atom stereocenters. The van der Waals surface area contributed by atoms with E-state index in [1.807, 2.05) is 36.4 Å². The van der Waals surface area contributed by atoms with E-state index >= 15 is 0 Å². The molecule has 1 amide bonds. The normalized spacial score (nSPS) is 22.1. The third kappa shape index (κ3) is 6.29. The predicted molar refractivity (Wildman–Crippen MR) is 147 cm³/mol. The van der Waals surface area contributed by atoms with Crippen LogP contribution in [-0.2, 0) is 4.79 Å². The number of aliphatic imine (C=N–C) groups is 1.